The number of aliphatic hydroxyl groups excluding tert-OH is 1. The van der Waals surface area contributed by atoms with E-state index in [0.29, 0.717) is 11.5 Å². The molecule has 2 heterocycles. The Hall–Kier alpha value is -4.26. The molecule has 0 aliphatic carbocycles. The summed E-state index contributed by atoms with van der Waals surface area (Å²) in [7, 11) is 4.35. The highest BCUT2D eigenvalue weighted by Crippen LogP contribution is 2.44. The van der Waals surface area contributed by atoms with Crippen molar-refractivity contribution in [1.82, 2.24) is 9.55 Å². The maximum Gasteiger partial charge on any atom is 0.330 e. The third-order valence-corrected chi connectivity index (χ3v) is 7.50. The van der Waals surface area contributed by atoms with Gasteiger partial charge in [0.2, 0.25) is 5.79 Å². The maximum absolute atomic E-state index is 12.5. The molecule has 0 saturated carbocycles. The summed E-state index contributed by atoms with van der Waals surface area (Å²) in [4.78, 5) is 26.3. The zero-order valence-electron chi connectivity index (χ0n) is 23.3. The molecule has 0 unspecified atom stereocenters. The summed E-state index contributed by atoms with van der Waals surface area (Å²) >= 11 is 0. The molecule has 1 aromatic heterocycles. The lowest BCUT2D eigenvalue weighted by molar-refractivity contribution is -0.265. The molecule has 4 atom stereocenters. The van der Waals surface area contributed by atoms with Crippen molar-refractivity contribution >= 4 is 0 Å². The van der Waals surface area contributed by atoms with E-state index in [0.717, 1.165) is 33.5 Å². The smallest absolute Gasteiger partial charge is 0.330 e. The zero-order chi connectivity index (χ0) is 29.9. The topological polar surface area (TPSA) is 141 Å². The van der Waals surface area contributed by atoms with Crippen molar-refractivity contribution in [1.29, 1.82) is 0 Å². The molecule has 11 heteroatoms. The Bertz CT molecular complexity index is 1560. The number of aromatic amines is 1. The molecule has 42 heavy (non-hydrogen) atoms. The van der Waals surface area contributed by atoms with Gasteiger partial charge in [-0.3, -0.25) is 14.3 Å². The second kappa shape index (κ2) is 11.9. The summed E-state index contributed by atoms with van der Waals surface area (Å²) < 4.78 is 29.8. The molecule has 0 amide bonds. The average molecular weight is 577 g/mol. The number of benzene rings is 3. The lowest BCUT2D eigenvalue weighted by atomic mass is 9.80. The Morgan fingerprint density at radius 1 is 0.857 bits per heavy atom. The van der Waals surface area contributed by atoms with Crippen molar-refractivity contribution in [3.8, 4) is 11.5 Å². The Labute approximate surface area is 241 Å². The van der Waals surface area contributed by atoms with E-state index in [4.69, 9.17) is 23.7 Å². The molecule has 3 N–H and O–H groups in total. The van der Waals surface area contributed by atoms with Gasteiger partial charge in [-0.05, 0) is 41.0 Å². The number of ether oxygens (including phenoxy) is 5. The average Bonchev–Trinajstić information content (AvgIpc) is 3.28. The molecule has 1 aliphatic heterocycles. The van der Waals surface area contributed by atoms with Crippen molar-refractivity contribution in [2.75, 3.05) is 27.9 Å². The van der Waals surface area contributed by atoms with Crippen LogP contribution in [0.4, 0.5) is 0 Å². The van der Waals surface area contributed by atoms with Crippen molar-refractivity contribution in [3.05, 3.63) is 129 Å². The molecule has 4 aromatic rings. The number of H-pyrrole nitrogens is 1. The number of hydrogen-bond acceptors (Lipinski definition) is 9. The van der Waals surface area contributed by atoms with Crippen LogP contribution in [0.3, 0.4) is 0 Å². The van der Waals surface area contributed by atoms with Gasteiger partial charge in [-0.15, -0.1) is 0 Å². The molecular formula is C31H32N2O9. The van der Waals surface area contributed by atoms with Crippen LogP contribution in [-0.2, 0) is 19.8 Å². The Balaban J connectivity index is 1.59. The van der Waals surface area contributed by atoms with E-state index in [-0.39, 0.29) is 6.61 Å². The highest BCUT2D eigenvalue weighted by atomic mass is 16.7. The first-order valence-corrected chi connectivity index (χ1v) is 13.2. The number of nitrogens with zero attached hydrogens (tertiary/aromatic N) is 1. The molecule has 220 valence electrons. The van der Waals surface area contributed by atoms with Crippen molar-refractivity contribution in [3.63, 3.8) is 0 Å². The van der Waals surface area contributed by atoms with Gasteiger partial charge in [-0.1, -0.05) is 54.6 Å². The number of rotatable bonds is 10. The van der Waals surface area contributed by atoms with Crippen LogP contribution in [0, 0.1) is 0 Å². The van der Waals surface area contributed by atoms with Crippen LogP contribution < -0.4 is 20.7 Å². The molecule has 1 fully saturated rings. The first kappa shape index (κ1) is 29.2. The lowest BCUT2D eigenvalue weighted by Gasteiger charge is -2.37. The SMILES string of the molecule is COc1ccc(C(OC[C@H]2O[C@@H](n3ccc(=O)[nH]c3=O)[C@@](O)(OC)[C@@H]2O)(c2ccccc2)c2ccc(OC)cc2)cc1. The van der Waals surface area contributed by atoms with Gasteiger partial charge in [0.1, 0.15) is 29.3 Å². The number of methoxy groups -OCH3 is 3. The second-order valence-electron chi connectivity index (χ2n) is 9.76. The number of aliphatic hydroxyl groups is 2. The zero-order valence-corrected chi connectivity index (χ0v) is 23.3. The maximum atomic E-state index is 12.5. The van der Waals surface area contributed by atoms with E-state index < -0.39 is 41.1 Å². The summed E-state index contributed by atoms with van der Waals surface area (Å²) in [6, 6.07) is 25.5. The molecule has 1 saturated heterocycles. The fourth-order valence-corrected chi connectivity index (χ4v) is 5.26. The van der Waals surface area contributed by atoms with Gasteiger partial charge in [-0.25, -0.2) is 4.79 Å². The summed E-state index contributed by atoms with van der Waals surface area (Å²) in [6.07, 6.45) is -3.11. The highest BCUT2D eigenvalue weighted by molar-refractivity contribution is 5.49. The highest BCUT2D eigenvalue weighted by Gasteiger charge is 2.58. The molecule has 0 spiro atoms. The molecule has 0 radical (unpaired) electrons. The van der Waals surface area contributed by atoms with Crippen LogP contribution in [0.15, 0.2) is 101 Å². The van der Waals surface area contributed by atoms with E-state index in [1.165, 1.54) is 7.11 Å². The van der Waals surface area contributed by atoms with Crippen molar-refractivity contribution in [2.24, 2.45) is 0 Å². The molecule has 0 bridgehead atoms. The van der Waals surface area contributed by atoms with Gasteiger partial charge in [-0.2, -0.15) is 0 Å². The number of nitrogens with one attached hydrogen (secondary N) is 1. The van der Waals surface area contributed by atoms with Gasteiger partial charge in [0.15, 0.2) is 6.23 Å². The molecule has 11 nitrogen and oxygen atoms in total. The Morgan fingerprint density at radius 2 is 1.40 bits per heavy atom. The van der Waals surface area contributed by atoms with Gasteiger partial charge < -0.3 is 33.9 Å². The summed E-state index contributed by atoms with van der Waals surface area (Å²) in [6.45, 7) is -0.242. The van der Waals surface area contributed by atoms with Crippen molar-refractivity contribution < 1.29 is 33.9 Å². The van der Waals surface area contributed by atoms with E-state index in [9.17, 15) is 19.8 Å². The van der Waals surface area contributed by atoms with E-state index in [2.05, 4.69) is 4.98 Å². The second-order valence-corrected chi connectivity index (χ2v) is 9.76. The number of aromatic nitrogens is 2. The first-order valence-electron chi connectivity index (χ1n) is 13.2. The van der Waals surface area contributed by atoms with Gasteiger partial charge in [0.25, 0.3) is 5.56 Å². The molecular weight excluding hydrogens is 544 g/mol. The van der Waals surface area contributed by atoms with Crippen molar-refractivity contribution in [2.45, 2.75) is 29.8 Å². The van der Waals surface area contributed by atoms with Gasteiger partial charge in [0, 0.05) is 19.4 Å². The predicted molar refractivity (Wildman–Crippen MR) is 151 cm³/mol. The largest absolute Gasteiger partial charge is 0.497 e. The Kier molecular flexibility index (Phi) is 8.30. The fraction of sp³-hybridized carbons (Fsp3) is 0.290. The quantitative estimate of drug-likeness (QED) is 0.191. The number of hydrogen-bond donors (Lipinski definition) is 3. The molecule has 3 aromatic carbocycles. The minimum atomic E-state index is -2.33. The van der Waals surface area contributed by atoms with Crippen LogP contribution >= 0.6 is 0 Å². The first-order chi connectivity index (χ1) is 20.3. The van der Waals surface area contributed by atoms with E-state index in [1.54, 1.807) is 14.2 Å². The third-order valence-electron chi connectivity index (χ3n) is 7.50. The van der Waals surface area contributed by atoms with E-state index >= 15 is 0 Å². The van der Waals surface area contributed by atoms with Crippen LogP contribution in [0.5, 0.6) is 11.5 Å². The standard InChI is InChI=1S/C31H32N2O9/c1-38-23-13-9-21(10-14-23)30(20-7-5-4-6-8-20,22-11-15-24(39-2)16-12-22)41-19-25-27(35)31(37,40-3)28(42-25)33-18-17-26(34)32-29(33)36/h4-18,25,27-28,35,37H,19H2,1-3H3,(H,32,34,36)/t25-,27-,28-,31+/m1/s1. The van der Waals surface area contributed by atoms with Gasteiger partial charge >= 0.3 is 5.69 Å². The predicted octanol–water partition coefficient (Wildman–Crippen LogP) is 2.16. The Morgan fingerprint density at radius 3 is 1.90 bits per heavy atom. The molecule has 5 rings (SSSR count). The normalized spacial score (nSPS) is 22.2. The summed E-state index contributed by atoms with van der Waals surface area (Å²) in [5, 5.41) is 22.5. The minimum absolute atomic E-state index is 0.242. The fourth-order valence-electron chi connectivity index (χ4n) is 5.26. The third kappa shape index (κ3) is 5.13. The summed E-state index contributed by atoms with van der Waals surface area (Å²) in [5.74, 6) is -1.01. The lowest BCUT2D eigenvalue weighted by Crippen LogP contribution is -2.51. The summed E-state index contributed by atoms with van der Waals surface area (Å²) in [5.41, 5.74) is -0.400. The minimum Gasteiger partial charge on any atom is -0.497 e. The van der Waals surface area contributed by atoms with Crippen LogP contribution in [-0.4, -0.2) is 65.7 Å². The van der Waals surface area contributed by atoms with Crippen LogP contribution in [0.1, 0.15) is 22.9 Å². The van der Waals surface area contributed by atoms with Crippen LogP contribution in [0.2, 0.25) is 0 Å². The monoisotopic (exact) mass is 576 g/mol. The van der Waals surface area contributed by atoms with Gasteiger partial charge in [0.05, 0.1) is 20.8 Å². The van der Waals surface area contributed by atoms with Crippen LogP contribution in [0.25, 0.3) is 0 Å². The molecule has 1 aliphatic rings. The van der Waals surface area contributed by atoms with E-state index in [1.807, 2.05) is 78.9 Å².